The Bertz CT molecular complexity index is 1630. The molecule has 0 saturated carbocycles. The molecule has 3 atom stereocenters. The van der Waals surface area contributed by atoms with Gasteiger partial charge in [0, 0.05) is 38.1 Å². The van der Waals surface area contributed by atoms with Gasteiger partial charge in [-0.2, -0.15) is 13.2 Å². The number of nitrogens with one attached hydrogen (secondary N) is 3. The number of ether oxygens (including phenoxy) is 1. The van der Waals surface area contributed by atoms with Gasteiger partial charge in [-0.15, -0.1) is 0 Å². The number of rotatable bonds is 6. The number of hydrogen-bond donors (Lipinski definition) is 3. The number of anilines is 1. The molecule has 0 aliphatic carbocycles. The maximum Gasteiger partial charge on any atom is 0.405 e. The fourth-order valence-electron chi connectivity index (χ4n) is 5.82. The van der Waals surface area contributed by atoms with E-state index < -0.39 is 47.5 Å². The monoisotopic (exact) mass is 697 g/mol. The summed E-state index contributed by atoms with van der Waals surface area (Å²) in [6.45, 7) is 1.12. The van der Waals surface area contributed by atoms with Crippen LogP contribution >= 0.6 is 39.1 Å². The van der Waals surface area contributed by atoms with Gasteiger partial charge in [0.2, 0.25) is 11.8 Å². The van der Waals surface area contributed by atoms with Crippen LogP contribution in [-0.4, -0.2) is 36.0 Å². The van der Waals surface area contributed by atoms with Crippen LogP contribution < -0.4 is 20.7 Å². The summed E-state index contributed by atoms with van der Waals surface area (Å²) in [6.07, 6.45) is -4.67. The zero-order valence-electron chi connectivity index (χ0n) is 22.7. The van der Waals surface area contributed by atoms with Crippen molar-refractivity contribution in [2.75, 3.05) is 11.9 Å². The fourth-order valence-corrected chi connectivity index (χ4v) is 6.57. The maximum atomic E-state index is 14.3. The third-order valence-corrected chi connectivity index (χ3v) is 8.61. The van der Waals surface area contributed by atoms with Crippen LogP contribution in [0.2, 0.25) is 10.0 Å². The average molecular weight is 699 g/mol. The molecular weight excluding hydrogens is 674 g/mol. The Morgan fingerprint density at radius 3 is 2.49 bits per heavy atom. The molecule has 0 radical (unpaired) electrons. The number of carbonyl (C=O) groups excluding carboxylic acids is 3. The van der Waals surface area contributed by atoms with E-state index in [1.807, 2.05) is 5.32 Å². The molecule has 13 heteroatoms. The number of halogens is 6. The molecule has 1 spiro atoms. The molecule has 226 valence electrons. The predicted molar refractivity (Wildman–Crippen MR) is 159 cm³/mol. The first-order chi connectivity index (χ1) is 20.1. The average Bonchev–Trinajstić information content (AvgIpc) is 3.19. The number of benzene rings is 3. The molecule has 0 aromatic heterocycles. The first kappa shape index (κ1) is 31.2. The first-order valence-corrected chi connectivity index (χ1v) is 14.7. The predicted octanol–water partition coefficient (Wildman–Crippen LogP) is 6.83. The smallest absolute Gasteiger partial charge is 0.405 e. The molecule has 2 aliphatic rings. The molecular formula is C30H25BrCl2F3N3O4. The lowest BCUT2D eigenvalue weighted by atomic mass is 9.59. The van der Waals surface area contributed by atoms with Gasteiger partial charge in [0.15, 0.2) is 5.60 Å². The van der Waals surface area contributed by atoms with Crippen molar-refractivity contribution in [2.24, 2.45) is 0 Å². The Morgan fingerprint density at radius 1 is 1.07 bits per heavy atom. The summed E-state index contributed by atoms with van der Waals surface area (Å²) in [4.78, 5) is 40.4. The van der Waals surface area contributed by atoms with Crippen molar-refractivity contribution in [2.45, 2.75) is 49.4 Å². The summed E-state index contributed by atoms with van der Waals surface area (Å²) < 4.78 is 45.1. The molecule has 1 saturated heterocycles. The van der Waals surface area contributed by atoms with Crippen LogP contribution in [0.5, 0.6) is 5.75 Å². The fraction of sp³-hybridized carbons (Fsp3) is 0.300. The topological polar surface area (TPSA) is 96.5 Å². The summed E-state index contributed by atoms with van der Waals surface area (Å²) in [6, 6.07) is 15.7. The molecule has 5 rings (SSSR count). The van der Waals surface area contributed by atoms with Crippen LogP contribution in [0.4, 0.5) is 18.9 Å². The van der Waals surface area contributed by atoms with E-state index in [9.17, 15) is 27.6 Å². The number of hydrogen-bond acceptors (Lipinski definition) is 4. The lowest BCUT2D eigenvalue weighted by molar-refractivity contribution is -0.146. The van der Waals surface area contributed by atoms with Crippen molar-refractivity contribution >= 4 is 62.5 Å². The second-order valence-corrected chi connectivity index (χ2v) is 12.7. The van der Waals surface area contributed by atoms with Crippen LogP contribution in [0.1, 0.15) is 48.9 Å². The highest BCUT2D eigenvalue weighted by molar-refractivity contribution is 9.10. The first-order valence-electron chi connectivity index (χ1n) is 13.1. The van der Waals surface area contributed by atoms with E-state index in [2.05, 4.69) is 26.6 Å². The van der Waals surface area contributed by atoms with E-state index >= 15 is 0 Å². The van der Waals surface area contributed by atoms with Crippen LogP contribution in [-0.2, 0) is 19.8 Å². The van der Waals surface area contributed by atoms with Gasteiger partial charge < -0.3 is 20.7 Å². The molecule has 3 N–H and O–H groups in total. The van der Waals surface area contributed by atoms with E-state index in [1.165, 1.54) is 19.9 Å². The number of carbonyl (C=O) groups is 3. The Kier molecular flexibility index (Phi) is 8.21. The van der Waals surface area contributed by atoms with Gasteiger partial charge in [-0.1, -0.05) is 57.3 Å². The third kappa shape index (κ3) is 5.94. The maximum absolute atomic E-state index is 14.3. The third-order valence-electron chi connectivity index (χ3n) is 7.65. The SMILES string of the molecule is CC(C)(Oc1ccc(Br)cc1C1NC(=O)CC(c2cccc(Cl)c2)C12C(=O)Nc1cc(Cl)ccc12)C(=O)NCC(F)(F)F. The van der Waals surface area contributed by atoms with Gasteiger partial charge in [0.25, 0.3) is 5.91 Å². The van der Waals surface area contributed by atoms with Gasteiger partial charge in [-0.25, -0.2) is 0 Å². The molecule has 3 amide bonds. The van der Waals surface area contributed by atoms with Crippen molar-refractivity contribution in [1.82, 2.24) is 10.6 Å². The van der Waals surface area contributed by atoms with Gasteiger partial charge in [0.05, 0.1) is 6.04 Å². The van der Waals surface area contributed by atoms with E-state index in [4.69, 9.17) is 27.9 Å². The normalized spacial score (nSPS) is 21.7. The van der Waals surface area contributed by atoms with Gasteiger partial charge in [-0.05, 0) is 67.4 Å². The van der Waals surface area contributed by atoms with Crippen molar-refractivity contribution in [3.8, 4) is 5.75 Å². The van der Waals surface area contributed by atoms with E-state index in [1.54, 1.807) is 54.6 Å². The zero-order chi connectivity index (χ0) is 31.3. The van der Waals surface area contributed by atoms with E-state index in [0.717, 1.165) is 0 Å². The molecule has 3 unspecified atom stereocenters. The summed E-state index contributed by atoms with van der Waals surface area (Å²) >= 11 is 16.1. The minimum absolute atomic E-state index is 0.0537. The molecule has 7 nitrogen and oxygen atoms in total. The summed E-state index contributed by atoms with van der Waals surface area (Å²) in [5, 5.41) is 8.57. The Hall–Kier alpha value is -3.28. The largest absolute Gasteiger partial charge is 0.478 e. The minimum atomic E-state index is -4.62. The van der Waals surface area contributed by atoms with E-state index in [0.29, 0.717) is 36.9 Å². The molecule has 0 bridgehead atoms. The molecule has 1 fully saturated rings. The second-order valence-electron chi connectivity index (χ2n) is 10.9. The lowest BCUT2D eigenvalue weighted by Gasteiger charge is -2.47. The number of amides is 3. The van der Waals surface area contributed by atoms with Gasteiger partial charge >= 0.3 is 6.18 Å². The number of fused-ring (bicyclic) bond motifs is 2. The van der Waals surface area contributed by atoms with Crippen LogP contribution in [0.15, 0.2) is 65.1 Å². The molecule has 2 aliphatic heterocycles. The molecule has 2 heterocycles. The van der Waals surface area contributed by atoms with Gasteiger partial charge in [-0.3, -0.25) is 14.4 Å². The van der Waals surface area contributed by atoms with Crippen LogP contribution in [0, 0.1) is 0 Å². The van der Waals surface area contributed by atoms with Crippen molar-refractivity contribution < 1.29 is 32.3 Å². The second kappa shape index (κ2) is 11.3. The molecule has 43 heavy (non-hydrogen) atoms. The Balaban J connectivity index is 1.69. The summed E-state index contributed by atoms with van der Waals surface area (Å²) in [5.41, 5.74) is -1.20. The minimum Gasteiger partial charge on any atom is -0.478 e. The van der Waals surface area contributed by atoms with Crippen LogP contribution in [0.25, 0.3) is 0 Å². The van der Waals surface area contributed by atoms with Crippen molar-refractivity contribution in [3.63, 3.8) is 0 Å². The number of alkyl halides is 3. The summed E-state index contributed by atoms with van der Waals surface area (Å²) in [7, 11) is 0. The molecule has 3 aromatic carbocycles. The highest BCUT2D eigenvalue weighted by Crippen LogP contribution is 2.58. The standard InChI is InChI=1S/C30H25BrCl2F3N3O4/c1-28(2,26(41)37-14-29(34,35)36)43-23-9-6-16(31)11-19(23)25-30(20-8-7-18(33)12-22(20)38-27(30)42)21(13-24(40)39-25)15-4-3-5-17(32)10-15/h3-12,21,25H,13-14H2,1-2H3,(H,37,41)(H,38,42)(H,39,40). The van der Waals surface area contributed by atoms with E-state index in [-0.39, 0.29) is 18.1 Å². The van der Waals surface area contributed by atoms with Gasteiger partial charge in [0.1, 0.15) is 17.7 Å². The Morgan fingerprint density at radius 2 is 1.79 bits per heavy atom. The molecule has 3 aromatic rings. The zero-order valence-corrected chi connectivity index (χ0v) is 25.8. The summed E-state index contributed by atoms with van der Waals surface area (Å²) in [5.74, 6) is -2.39. The number of piperidine rings is 1. The van der Waals surface area contributed by atoms with Crippen molar-refractivity contribution in [3.05, 3.63) is 91.9 Å². The highest BCUT2D eigenvalue weighted by Gasteiger charge is 2.61. The van der Waals surface area contributed by atoms with Crippen LogP contribution in [0.3, 0.4) is 0 Å². The highest BCUT2D eigenvalue weighted by atomic mass is 79.9. The Labute approximate surface area is 263 Å². The van der Waals surface area contributed by atoms with Crippen molar-refractivity contribution in [1.29, 1.82) is 0 Å². The quantitative estimate of drug-likeness (QED) is 0.263. The lowest BCUT2D eigenvalue weighted by Crippen LogP contribution is -2.57.